The third-order valence-corrected chi connectivity index (χ3v) is 6.12. The third-order valence-electron chi connectivity index (χ3n) is 4.52. The Balaban J connectivity index is 1.55. The molecule has 0 heterocycles. The van der Waals surface area contributed by atoms with E-state index in [1.807, 2.05) is 19.1 Å². The number of carbonyl (C=O) groups is 1. The monoisotopic (exact) mass is 550 g/mol. The topological polar surface area (TPSA) is 69.2 Å². The van der Waals surface area contributed by atoms with E-state index in [-0.39, 0.29) is 19.1 Å². The SMILES string of the molecule is COc1cc(/C=N/NC(=O)COc2ccc(Br)c(C)c2)ccc1OCc1c(Cl)cccc1Cl. The van der Waals surface area contributed by atoms with Crippen molar-refractivity contribution in [3.63, 3.8) is 0 Å². The number of methoxy groups -OCH3 is 1. The first-order valence-corrected chi connectivity index (χ1v) is 11.4. The molecule has 0 aliphatic carbocycles. The van der Waals surface area contributed by atoms with E-state index >= 15 is 0 Å². The van der Waals surface area contributed by atoms with Crippen molar-refractivity contribution in [3.05, 3.63) is 85.8 Å². The van der Waals surface area contributed by atoms with Crippen LogP contribution in [0.15, 0.2) is 64.2 Å². The standard InChI is InChI=1S/C24H21BrCl2N2O4/c1-15-10-17(7-8-19(15)25)32-14-24(30)29-28-12-16-6-9-22(23(11-16)31-2)33-13-18-20(26)4-3-5-21(18)27/h3-12H,13-14H2,1-2H3,(H,29,30)/b28-12+. The van der Waals surface area contributed by atoms with E-state index < -0.39 is 0 Å². The van der Waals surface area contributed by atoms with Crippen LogP contribution in [0.3, 0.4) is 0 Å². The number of rotatable bonds is 9. The zero-order valence-corrected chi connectivity index (χ0v) is 21.0. The Hall–Kier alpha value is -2.74. The molecule has 0 saturated carbocycles. The van der Waals surface area contributed by atoms with Crippen molar-refractivity contribution in [1.29, 1.82) is 0 Å². The maximum Gasteiger partial charge on any atom is 0.277 e. The van der Waals surface area contributed by atoms with Crippen LogP contribution in [0, 0.1) is 6.92 Å². The molecule has 0 bridgehead atoms. The Labute approximate surface area is 210 Å². The van der Waals surface area contributed by atoms with Crippen LogP contribution < -0.4 is 19.6 Å². The number of ether oxygens (including phenoxy) is 3. The van der Waals surface area contributed by atoms with E-state index in [0.717, 1.165) is 10.0 Å². The molecule has 0 atom stereocenters. The molecule has 0 aromatic heterocycles. The Kier molecular flexibility index (Phi) is 9.00. The maximum absolute atomic E-state index is 12.0. The zero-order chi connectivity index (χ0) is 23.8. The van der Waals surface area contributed by atoms with Crippen molar-refractivity contribution < 1.29 is 19.0 Å². The third kappa shape index (κ3) is 7.12. The molecule has 0 fully saturated rings. The quantitative estimate of drug-likeness (QED) is 0.254. The van der Waals surface area contributed by atoms with Crippen LogP contribution in [0.2, 0.25) is 10.0 Å². The molecule has 0 saturated heterocycles. The van der Waals surface area contributed by atoms with Gasteiger partial charge in [0.1, 0.15) is 12.4 Å². The lowest BCUT2D eigenvalue weighted by molar-refractivity contribution is -0.123. The average molecular weight is 552 g/mol. The van der Waals surface area contributed by atoms with Crippen LogP contribution in [0.1, 0.15) is 16.7 Å². The number of amides is 1. The molecule has 0 radical (unpaired) electrons. The summed E-state index contributed by atoms with van der Waals surface area (Å²) in [6.45, 7) is 1.98. The highest BCUT2D eigenvalue weighted by atomic mass is 79.9. The second-order valence-electron chi connectivity index (χ2n) is 6.89. The largest absolute Gasteiger partial charge is 0.493 e. The van der Waals surface area contributed by atoms with Gasteiger partial charge in [-0.1, -0.05) is 45.2 Å². The smallest absolute Gasteiger partial charge is 0.277 e. The normalized spacial score (nSPS) is 10.8. The Morgan fingerprint density at radius 3 is 2.52 bits per heavy atom. The molecule has 0 spiro atoms. The Bertz CT molecular complexity index is 1150. The summed E-state index contributed by atoms with van der Waals surface area (Å²) in [5.41, 5.74) is 4.85. The fraction of sp³-hybridized carbons (Fsp3) is 0.167. The van der Waals surface area contributed by atoms with Gasteiger partial charge in [-0.05, 0) is 66.6 Å². The van der Waals surface area contributed by atoms with Crippen molar-refractivity contribution >= 4 is 51.3 Å². The summed E-state index contributed by atoms with van der Waals surface area (Å²) in [7, 11) is 1.54. The van der Waals surface area contributed by atoms with Gasteiger partial charge in [-0.2, -0.15) is 5.10 Å². The number of hydrogen-bond acceptors (Lipinski definition) is 5. The fourth-order valence-corrected chi connectivity index (χ4v) is 3.52. The van der Waals surface area contributed by atoms with Crippen molar-refractivity contribution in [2.75, 3.05) is 13.7 Å². The first-order valence-electron chi connectivity index (χ1n) is 9.82. The van der Waals surface area contributed by atoms with Crippen molar-refractivity contribution in [1.82, 2.24) is 5.43 Å². The van der Waals surface area contributed by atoms with Gasteiger partial charge in [0.2, 0.25) is 0 Å². The van der Waals surface area contributed by atoms with E-state index in [1.54, 1.807) is 42.5 Å². The predicted octanol–water partition coefficient (Wildman–Crippen LogP) is 6.18. The molecule has 1 amide bonds. The molecule has 0 unspecified atom stereocenters. The highest BCUT2D eigenvalue weighted by Gasteiger charge is 2.10. The minimum Gasteiger partial charge on any atom is -0.493 e. The Morgan fingerprint density at radius 2 is 1.82 bits per heavy atom. The molecular weight excluding hydrogens is 531 g/mol. The minimum absolute atomic E-state index is 0.154. The van der Waals surface area contributed by atoms with Gasteiger partial charge < -0.3 is 14.2 Å². The number of halogens is 3. The van der Waals surface area contributed by atoms with E-state index in [1.165, 1.54) is 13.3 Å². The second-order valence-corrected chi connectivity index (χ2v) is 8.56. The molecule has 9 heteroatoms. The number of carbonyl (C=O) groups excluding carboxylic acids is 1. The molecule has 6 nitrogen and oxygen atoms in total. The average Bonchev–Trinajstić information content (AvgIpc) is 2.80. The summed E-state index contributed by atoms with van der Waals surface area (Å²) < 4.78 is 17.7. The Morgan fingerprint density at radius 1 is 1.06 bits per heavy atom. The van der Waals surface area contributed by atoms with E-state index in [0.29, 0.717) is 38.4 Å². The molecule has 3 aromatic carbocycles. The minimum atomic E-state index is -0.379. The van der Waals surface area contributed by atoms with Gasteiger partial charge >= 0.3 is 0 Å². The van der Waals surface area contributed by atoms with Gasteiger partial charge in [0.25, 0.3) is 5.91 Å². The molecule has 1 N–H and O–H groups in total. The lowest BCUT2D eigenvalue weighted by atomic mass is 10.2. The van der Waals surface area contributed by atoms with Gasteiger partial charge in [-0.15, -0.1) is 0 Å². The van der Waals surface area contributed by atoms with E-state index in [4.69, 9.17) is 37.4 Å². The van der Waals surface area contributed by atoms with Crippen LogP contribution in [0.25, 0.3) is 0 Å². The lowest BCUT2D eigenvalue weighted by Gasteiger charge is -2.13. The molecule has 3 aromatic rings. The summed E-state index contributed by atoms with van der Waals surface area (Å²) in [6.07, 6.45) is 1.50. The van der Waals surface area contributed by atoms with Crippen LogP contribution in [0.4, 0.5) is 0 Å². The van der Waals surface area contributed by atoms with E-state index in [9.17, 15) is 4.79 Å². The highest BCUT2D eigenvalue weighted by molar-refractivity contribution is 9.10. The van der Waals surface area contributed by atoms with Crippen molar-refractivity contribution in [2.45, 2.75) is 13.5 Å². The van der Waals surface area contributed by atoms with E-state index in [2.05, 4.69) is 26.5 Å². The highest BCUT2D eigenvalue weighted by Crippen LogP contribution is 2.31. The summed E-state index contributed by atoms with van der Waals surface area (Å²) in [6, 6.07) is 16.0. The number of nitrogens with one attached hydrogen (secondary N) is 1. The number of benzene rings is 3. The van der Waals surface area contributed by atoms with Crippen LogP contribution >= 0.6 is 39.1 Å². The van der Waals surface area contributed by atoms with Gasteiger partial charge in [0.15, 0.2) is 18.1 Å². The summed E-state index contributed by atoms with van der Waals surface area (Å²) in [5, 5.41) is 5.02. The molecular formula is C24H21BrCl2N2O4. The van der Waals surface area contributed by atoms with Crippen LogP contribution in [0.5, 0.6) is 17.2 Å². The number of hydrazone groups is 1. The summed E-state index contributed by atoms with van der Waals surface area (Å²) >= 11 is 15.8. The molecule has 0 aliphatic rings. The van der Waals surface area contributed by atoms with Gasteiger partial charge in [-0.25, -0.2) is 5.43 Å². The molecule has 0 aliphatic heterocycles. The van der Waals surface area contributed by atoms with Gasteiger partial charge in [-0.3, -0.25) is 4.79 Å². The number of nitrogens with zero attached hydrogens (tertiary/aromatic N) is 1. The second kappa shape index (κ2) is 11.9. The maximum atomic E-state index is 12.0. The lowest BCUT2D eigenvalue weighted by Crippen LogP contribution is -2.24. The predicted molar refractivity (Wildman–Crippen MR) is 134 cm³/mol. The zero-order valence-electron chi connectivity index (χ0n) is 17.9. The van der Waals surface area contributed by atoms with Crippen molar-refractivity contribution in [3.8, 4) is 17.2 Å². The first-order chi connectivity index (χ1) is 15.9. The van der Waals surface area contributed by atoms with Crippen LogP contribution in [-0.2, 0) is 11.4 Å². The van der Waals surface area contributed by atoms with Gasteiger partial charge in [0, 0.05) is 20.1 Å². The summed E-state index contributed by atoms with van der Waals surface area (Å²) in [4.78, 5) is 12.0. The van der Waals surface area contributed by atoms with Crippen LogP contribution in [-0.4, -0.2) is 25.8 Å². The molecule has 3 rings (SSSR count). The van der Waals surface area contributed by atoms with Crippen molar-refractivity contribution in [2.24, 2.45) is 5.10 Å². The number of hydrogen-bond donors (Lipinski definition) is 1. The number of aryl methyl sites for hydroxylation is 1. The fourth-order valence-electron chi connectivity index (χ4n) is 2.77. The van der Waals surface area contributed by atoms with Gasteiger partial charge in [0.05, 0.1) is 13.3 Å². The summed E-state index contributed by atoms with van der Waals surface area (Å²) in [5.74, 6) is 1.25. The molecule has 172 valence electrons. The molecule has 33 heavy (non-hydrogen) atoms. The first kappa shape index (κ1) is 24.9.